The first-order valence-corrected chi connectivity index (χ1v) is 32.4. The number of hydrogen-bond donors (Lipinski definition) is 1. The van der Waals surface area contributed by atoms with Gasteiger partial charge in [-0.25, -0.2) is 0 Å². The third-order valence-corrected chi connectivity index (χ3v) is 14.7. The Morgan fingerprint density at radius 1 is 0.479 bits per heavy atom. The van der Waals surface area contributed by atoms with Gasteiger partial charge in [0.15, 0.2) is 0 Å². The van der Waals surface area contributed by atoms with Crippen LogP contribution < -0.4 is 10.2 Å². The highest BCUT2D eigenvalue weighted by Gasteiger charge is 2.27. The Bertz CT molecular complexity index is 1390. The van der Waals surface area contributed by atoms with Crippen molar-refractivity contribution < 1.29 is 37.3 Å². The fourth-order valence-electron chi connectivity index (χ4n) is 8.92. The molecule has 0 aliphatic carbocycles. The molecule has 0 saturated carbocycles. The molecule has 428 valence electrons. The molecule has 9 nitrogen and oxygen atoms in total. The maximum Gasteiger partial charge on any atom is 0.306 e. The van der Waals surface area contributed by atoms with Crippen molar-refractivity contribution in [3.05, 3.63) is 48.6 Å². The van der Waals surface area contributed by atoms with Gasteiger partial charge in [-0.1, -0.05) is 243 Å². The molecule has 10 heteroatoms. The first-order valence-electron chi connectivity index (χ1n) is 31.0. The fraction of sp³-hybridized carbons (Fsp3) is 0.841. The van der Waals surface area contributed by atoms with E-state index < -0.39 is 26.6 Å². The number of likely N-dealkylation sites (N-methyl/N-ethyl adjacent to an activating group) is 1. The first kappa shape index (κ1) is 71.0. The number of rotatable bonds is 56. The lowest BCUT2D eigenvalue weighted by Gasteiger charge is -2.30. The zero-order chi connectivity index (χ0) is 53.6. The second kappa shape index (κ2) is 53.4. The Hall–Kier alpha value is -2.03. The van der Waals surface area contributed by atoms with Gasteiger partial charge < -0.3 is 28.5 Å². The van der Waals surface area contributed by atoms with Crippen molar-refractivity contribution in [1.82, 2.24) is 5.32 Å². The van der Waals surface area contributed by atoms with Crippen molar-refractivity contribution in [1.29, 1.82) is 0 Å². The summed E-state index contributed by atoms with van der Waals surface area (Å²) in [6.45, 7) is 6.82. The minimum absolute atomic E-state index is 0.0247. The molecular weight excluding hydrogens is 928 g/mol. The molecule has 0 rings (SSSR count). The standard InChI is InChI=1S/C63H119N2O7P/c1-7-10-13-16-19-22-25-28-30-31-32-33-35-38-41-44-47-50-53-56-63(67)72-61(54-51-48-45-42-39-36-27-24-21-18-15-12-9-3)60(59-71-73(68,69)70-58-57-65(4,5)6)64-62(66)55-52-49-46-43-40-37-34-29-26-23-20-17-14-11-8-2/h20,23,26,28-30,51,54,60-61H,7-19,21-22,24-25,27,31-50,52-53,55-59H2,1-6H3,(H-,64,66,68,69)/b23-20+,29-26+,30-28+,54-51+. The van der Waals surface area contributed by atoms with Gasteiger partial charge in [0.25, 0.3) is 7.82 Å². The van der Waals surface area contributed by atoms with Gasteiger partial charge in [-0.3, -0.25) is 14.2 Å². The number of ether oxygens (including phenoxy) is 1. The number of carbonyl (C=O) groups excluding carboxylic acids is 2. The molecular formula is C63H119N2O7P. The Morgan fingerprint density at radius 2 is 0.836 bits per heavy atom. The minimum atomic E-state index is -4.70. The Kier molecular flexibility index (Phi) is 51.9. The Morgan fingerprint density at radius 3 is 1.27 bits per heavy atom. The zero-order valence-corrected chi connectivity index (χ0v) is 49.7. The van der Waals surface area contributed by atoms with Crippen LogP contribution in [-0.2, 0) is 27.9 Å². The molecule has 0 aromatic heterocycles. The highest BCUT2D eigenvalue weighted by Crippen LogP contribution is 2.38. The summed E-state index contributed by atoms with van der Waals surface area (Å²) >= 11 is 0. The Labute approximate surface area is 452 Å². The van der Waals surface area contributed by atoms with Crippen LogP contribution >= 0.6 is 7.82 Å². The molecule has 3 unspecified atom stereocenters. The lowest BCUT2D eigenvalue weighted by molar-refractivity contribution is -0.870. The van der Waals surface area contributed by atoms with Gasteiger partial charge in [0.2, 0.25) is 5.91 Å². The summed E-state index contributed by atoms with van der Waals surface area (Å²) < 4.78 is 30.3. The average Bonchev–Trinajstić information content (AvgIpc) is 3.35. The number of carbonyl (C=O) groups is 2. The number of unbranched alkanes of at least 4 members (excludes halogenated alkanes) is 35. The third-order valence-electron chi connectivity index (χ3n) is 13.8. The molecule has 1 amide bonds. The second-order valence-electron chi connectivity index (χ2n) is 22.2. The van der Waals surface area contributed by atoms with E-state index in [1.807, 2.05) is 33.3 Å². The summed E-state index contributed by atoms with van der Waals surface area (Å²) in [5, 5.41) is 3.02. The van der Waals surface area contributed by atoms with Gasteiger partial charge in [-0.05, 0) is 83.1 Å². The number of allylic oxidation sites excluding steroid dienone is 7. The molecule has 0 heterocycles. The predicted molar refractivity (Wildman–Crippen MR) is 312 cm³/mol. The fourth-order valence-corrected chi connectivity index (χ4v) is 9.64. The second-order valence-corrected chi connectivity index (χ2v) is 23.6. The number of hydrogen-bond acceptors (Lipinski definition) is 7. The van der Waals surface area contributed by atoms with Crippen LogP contribution in [0, 0.1) is 0 Å². The molecule has 0 bridgehead atoms. The van der Waals surface area contributed by atoms with Gasteiger partial charge in [0.1, 0.15) is 19.3 Å². The van der Waals surface area contributed by atoms with E-state index in [2.05, 4.69) is 62.5 Å². The number of phosphoric ester groups is 1. The molecule has 0 aliphatic heterocycles. The number of amides is 1. The Balaban J connectivity index is 5.29. The molecule has 0 aromatic rings. The molecule has 3 atom stereocenters. The summed E-state index contributed by atoms with van der Waals surface area (Å²) in [7, 11) is 1.18. The predicted octanol–water partition coefficient (Wildman–Crippen LogP) is 18.3. The molecule has 1 N–H and O–H groups in total. The van der Waals surface area contributed by atoms with E-state index in [-0.39, 0.29) is 24.9 Å². The summed E-state index contributed by atoms with van der Waals surface area (Å²) in [6, 6.07) is -0.894. The van der Waals surface area contributed by atoms with Crippen molar-refractivity contribution in [2.75, 3.05) is 40.9 Å². The van der Waals surface area contributed by atoms with Crippen LogP contribution in [-0.4, -0.2) is 69.4 Å². The van der Waals surface area contributed by atoms with Crippen molar-refractivity contribution in [3.63, 3.8) is 0 Å². The van der Waals surface area contributed by atoms with Gasteiger partial charge in [0.05, 0.1) is 33.8 Å². The SMILES string of the molecule is CCCCC/C=C/C=C/CCCCCCCCC(=O)NC(COP(=O)([O-])OCC[N+](C)(C)C)C(/C=C/CCCCCCCCCCCCC)OC(=O)CCCCCCCCCCC/C=C/CCCCCCCC. The maximum atomic E-state index is 13.5. The molecule has 0 aromatic carbocycles. The average molecular weight is 1050 g/mol. The topological polar surface area (TPSA) is 114 Å². The van der Waals surface area contributed by atoms with E-state index in [0.717, 1.165) is 83.5 Å². The summed E-state index contributed by atoms with van der Waals surface area (Å²) in [4.78, 5) is 40.0. The van der Waals surface area contributed by atoms with Crippen molar-refractivity contribution in [3.8, 4) is 0 Å². The van der Waals surface area contributed by atoms with E-state index in [9.17, 15) is 19.0 Å². The number of nitrogens with one attached hydrogen (secondary N) is 1. The van der Waals surface area contributed by atoms with Crippen molar-refractivity contribution >= 4 is 19.7 Å². The molecule has 0 radical (unpaired) electrons. The maximum absolute atomic E-state index is 13.5. The van der Waals surface area contributed by atoms with Crippen LogP contribution in [0.25, 0.3) is 0 Å². The highest BCUT2D eigenvalue weighted by molar-refractivity contribution is 7.45. The van der Waals surface area contributed by atoms with Crippen LogP contribution in [0.4, 0.5) is 0 Å². The molecule has 73 heavy (non-hydrogen) atoms. The summed E-state index contributed by atoms with van der Waals surface area (Å²) in [6.07, 6.45) is 65.0. The molecule has 0 fully saturated rings. The molecule has 0 spiro atoms. The normalized spacial score (nSPS) is 14.0. The molecule has 0 saturated heterocycles. The van der Waals surface area contributed by atoms with Crippen LogP contribution in [0.3, 0.4) is 0 Å². The lowest BCUT2D eigenvalue weighted by Crippen LogP contribution is -2.47. The van der Waals surface area contributed by atoms with E-state index >= 15 is 0 Å². The first-order chi connectivity index (χ1) is 35.4. The quantitative estimate of drug-likeness (QED) is 0.0161. The van der Waals surface area contributed by atoms with Gasteiger partial charge in [-0.15, -0.1) is 0 Å². The van der Waals surface area contributed by atoms with Crippen LogP contribution in [0.5, 0.6) is 0 Å². The number of quaternary nitrogens is 1. The van der Waals surface area contributed by atoms with Crippen LogP contribution in [0.2, 0.25) is 0 Å². The van der Waals surface area contributed by atoms with E-state index in [1.54, 1.807) is 0 Å². The van der Waals surface area contributed by atoms with Crippen molar-refractivity contribution in [2.24, 2.45) is 0 Å². The van der Waals surface area contributed by atoms with Crippen LogP contribution in [0.15, 0.2) is 48.6 Å². The lowest BCUT2D eigenvalue weighted by atomic mass is 10.0. The minimum Gasteiger partial charge on any atom is -0.756 e. The summed E-state index contributed by atoms with van der Waals surface area (Å²) in [5.41, 5.74) is 0. The third kappa shape index (κ3) is 54.6. The van der Waals surface area contributed by atoms with E-state index in [0.29, 0.717) is 17.4 Å². The monoisotopic (exact) mass is 1050 g/mol. The summed E-state index contributed by atoms with van der Waals surface area (Å²) in [5.74, 6) is -0.549. The van der Waals surface area contributed by atoms with Gasteiger partial charge in [-0.2, -0.15) is 0 Å². The highest BCUT2D eigenvalue weighted by atomic mass is 31.2. The number of phosphoric acid groups is 1. The molecule has 0 aliphatic rings. The van der Waals surface area contributed by atoms with Gasteiger partial charge >= 0.3 is 5.97 Å². The largest absolute Gasteiger partial charge is 0.756 e. The van der Waals surface area contributed by atoms with Gasteiger partial charge in [0, 0.05) is 12.8 Å². The van der Waals surface area contributed by atoms with E-state index in [4.69, 9.17) is 13.8 Å². The van der Waals surface area contributed by atoms with Crippen molar-refractivity contribution in [2.45, 2.75) is 303 Å². The smallest absolute Gasteiger partial charge is 0.306 e. The zero-order valence-electron chi connectivity index (χ0n) is 48.8. The van der Waals surface area contributed by atoms with E-state index in [1.165, 1.54) is 173 Å². The number of nitrogens with zero attached hydrogens (tertiary/aromatic N) is 1. The van der Waals surface area contributed by atoms with Crippen LogP contribution in [0.1, 0.15) is 290 Å². The number of esters is 1.